The van der Waals surface area contributed by atoms with E-state index in [1.54, 1.807) is 12.3 Å². The number of halogens is 1. The van der Waals surface area contributed by atoms with Gasteiger partial charge >= 0.3 is 0 Å². The van der Waals surface area contributed by atoms with Gasteiger partial charge in [0.2, 0.25) is 0 Å². The van der Waals surface area contributed by atoms with Crippen molar-refractivity contribution in [3.05, 3.63) is 71.4 Å². The van der Waals surface area contributed by atoms with Crippen molar-refractivity contribution in [1.29, 1.82) is 0 Å². The third-order valence-corrected chi connectivity index (χ3v) is 2.97. The van der Waals surface area contributed by atoms with Gasteiger partial charge < -0.3 is 11.5 Å². The molecular formula is C15H19ClN2. The highest BCUT2D eigenvalue weighted by Crippen LogP contribution is 2.28. The Morgan fingerprint density at radius 1 is 1.39 bits per heavy atom. The van der Waals surface area contributed by atoms with E-state index in [1.807, 2.05) is 30.4 Å². The van der Waals surface area contributed by atoms with Crippen LogP contribution < -0.4 is 11.5 Å². The first-order valence-corrected chi connectivity index (χ1v) is 6.25. The Kier molecular flexibility index (Phi) is 6.26. The Morgan fingerprint density at radius 2 is 2.17 bits per heavy atom. The minimum atomic E-state index is 0.208. The van der Waals surface area contributed by atoms with Crippen molar-refractivity contribution in [2.24, 2.45) is 11.5 Å². The molecule has 0 radical (unpaired) electrons. The molecular weight excluding hydrogens is 244 g/mol. The fraction of sp³-hybridized carbons (Fsp3) is 0.200. The lowest BCUT2D eigenvalue weighted by atomic mass is 9.91. The molecule has 18 heavy (non-hydrogen) atoms. The minimum Gasteiger partial charge on any atom is -0.405 e. The molecule has 0 heterocycles. The first-order valence-electron chi connectivity index (χ1n) is 5.87. The second-order valence-electron chi connectivity index (χ2n) is 3.94. The van der Waals surface area contributed by atoms with Gasteiger partial charge in [0.1, 0.15) is 0 Å². The molecule has 1 rings (SSSR count). The molecule has 3 heteroatoms. The van der Waals surface area contributed by atoms with Crippen LogP contribution in [0.2, 0.25) is 5.02 Å². The van der Waals surface area contributed by atoms with Crippen LogP contribution in [0.1, 0.15) is 23.5 Å². The zero-order valence-electron chi connectivity index (χ0n) is 10.4. The van der Waals surface area contributed by atoms with Gasteiger partial charge in [-0.3, -0.25) is 0 Å². The number of nitrogens with two attached hydrogens (primary N) is 2. The van der Waals surface area contributed by atoms with Crippen molar-refractivity contribution in [2.45, 2.75) is 18.9 Å². The Bertz CT molecular complexity index is 450. The summed E-state index contributed by atoms with van der Waals surface area (Å²) in [5, 5.41) is 0.718. The molecule has 0 amide bonds. The summed E-state index contributed by atoms with van der Waals surface area (Å²) in [5.74, 6) is 0.208. The van der Waals surface area contributed by atoms with Gasteiger partial charge in [0.05, 0.1) is 0 Å². The summed E-state index contributed by atoms with van der Waals surface area (Å²) in [7, 11) is 0. The fourth-order valence-electron chi connectivity index (χ4n) is 1.84. The van der Waals surface area contributed by atoms with Gasteiger partial charge in [-0.05, 0) is 35.9 Å². The second kappa shape index (κ2) is 7.75. The first kappa shape index (κ1) is 14.6. The van der Waals surface area contributed by atoms with E-state index in [0.29, 0.717) is 6.54 Å². The van der Waals surface area contributed by atoms with E-state index in [-0.39, 0.29) is 5.92 Å². The maximum Gasteiger partial charge on any atom is 0.0409 e. The lowest BCUT2D eigenvalue weighted by Gasteiger charge is -2.15. The summed E-state index contributed by atoms with van der Waals surface area (Å²) in [6, 6.07) is 5.80. The van der Waals surface area contributed by atoms with Crippen LogP contribution in [0, 0.1) is 0 Å². The van der Waals surface area contributed by atoms with Crippen molar-refractivity contribution in [1.82, 2.24) is 0 Å². The Morgan fingerprint density at radius 3 is 2.78 bits per heavy atom. The summed E-state index contributed by atoms with van der Waals surface area (Å²) in [4.78, 5) is 0. The van der Waals surface area contributed by atoms with Crippen LogP contribution >= 0.6 is 11.6 Å². The fourth-order valence-corrected chi connectivity index (χ4v) is 2.02. The average molecular weight is 263 g/mol. The topological polar surface area (TPSA) is 52.0 Å². The highest BCUT2D eigenvalue weighted by Gasteiger charge is 2.11. The van der Waals surface area contributed by atoms with E-state index in [0.717, 1.165) is 22.6 Å². The summed E-state index contributed by atoms with van der Waals surface area (Å²) in [5.41, 5.74) is 13.4. The molecule has 0 aliphatic carbocycles. The molecule has 0 aliphatic heterocycles. The zero-order chi connectivity index (χ0) is 13.4. The SMILES string of the molecule is C=CC=CC(CC=CN)c1cc(Cl)ccc1CN. The Balaban J connectivity index is 3.13. The molecule has 0 bridgehead atoms. The van der Waals surface area contributed by atoms with E-state index < -0.39 is 0 Å². The van der Waals surface area contributed by atoms with Gasteiger partial charge in [-0.15, -0.1) is 0 Å². The highest BCUT2D eigenvalue weighted by molar-refractivity contribution is 6.30. The van der Waals surface area contributed by atoms with Crippen LogP contribution in [0.5, 0.6) is 0 Å². The number of rotatable bonds is 6. The summed E-state index contributed by atoms with van der Waals surface area (Å²) in [6.45, 7) is 4.18. The summed E-state index contributed by atoms with van der Waals surface area (Å²) >= 11 is 6.06. The zero-order valence-corrected chi connectivity index (χ0v) is 11.1. The second-order valence-corrected chi connectivity index (χ2v) is 4.37. The molecule has 0 aliphatic rings. The summed E-state index contributed by atoms with van der Waals surface area (Å²) in [6.07, 6.45) is 10.1. The standard InChI is InChI=1S/C15H19ClN2/c1-2-3-5-12(6-4-9-17)15-10-14(16)8-7-13(15)11-18/h2-5,7-10,12H,1,6,11,17-18H2. The smallest absolute Gasteiger partial charge is 0.0409 e. The maximum absolute atomic E-state index is 6.06. The first-order chi connectivity index (χ1) is 8.72. The molecule has 0 fully saturated rings. The Hall–Kier alpha value is -1.51. The van der Waals surface area contributed by atoms with Crippen LogP contribution in [0.3, 0.4) is 0 Å². The molecule has 0 saturated carbocycles. The average Bonchev–Trinajstić information content (AvgIpc) is 2.39. The van der Waals surface area contributed by atoms with E-state index >= 15 is 0 Å². The molecule has 0 saturated heterocycles. The molecule has 0 aromatic heterocycles. The van der Waals surface area contributed by atoms with E-state index in [4.69, 9.17) is 23.1 Å². The van der Waals surface area contributed by atoms with E-state index in [2.05, 4.69) is 12.7 Å². The molecule has 1 aromatic carbocycles. The number of hydrogen-bond donors (Lipinski definition) is 2. The van der Waals surface area contributed by atoms with Gasteiger partial charge in [-0.25, -0.2) is 0 Å². The third-order valence-electron chi connectivity index (χ3n) is 2.73. The lowest BCUT2D eigenvalue weighted by molar-refractivity contribution is 0.838. The molecule has 1 unspecified atom stereocenters. The van der Waals surface area contributed by atoms with Crippen LogP contribution in [0.25, 0.3) is 0 Å². The van der Waals surface area contributed by atoms with Crippen molar-refractivity contribution in [2.75, 3.05) is 0 Å². The molecule has 0 spiro atoms. The maximum atomic E-state index is 6.06. The molecule has 4 N–H and O–H groups in total. The molecule has 96 valence electrons. The van der Waals surface area contributed by atoms with Gasteiger partial charge in [0.25, 0.3) is 0 Å². The van der Waals surface area contributed by atoms with Gasteiger partial charge in [0.15, 0.2) is 0 Å². The lowest BCUT2D eigenvalue weighted by Crippen LogP contribution is -2.05. The monoisotopic (exact) mass is 262 g/mol. The number of hydrogen-bond acceptors (Lipinski definition) is 2. The molecule has 2 nitrogen and oxygen atoms in total. The highest BCUT2D eigenvalue weighted by atomic mass is 35.5. The predicted molar refractivity (Wildman–Crippen MR) is 79.4 cm³/mol. The molecule has 1 aromatic rings. The van der Waals surface area contributed by atoms with E-state index in [9.17, 15) is 0 Å². The number of benzene rings is 1. The van der Waals surface area contributed by atoms with E-state index in [1.165, 1.54) is 0 Å². The summed E-state index contributed by atoms with van der Waals surface area (Å²) < 4.78 is 0. The third kappa shape index (κ3) is 4.06. The normalized spacial score (nSPS) is 13.2. The van der Waals surface area contributed by atoms with Gasteiger partial charge in [0, 0.05) is 17.5 Å². The minimum absolute atomic E-state index is 0.208. The van der Waals surface area contributed by atoms with Crippen molar-refractivity contribution in [3.63, 3.8) is 0 Å². The Labute approximate surface area is 114 Å². The van der Waals surface area contributed by atoms with Gasteiger partial charge in [-0.2, -0.15) is 0 Å². The van der Waals surface area contributed by atoms with Crippen LogP contribution in [0.4, 0.5) is 0 Å². The van der Waals surface area contributed by atoms with Crippen molar-refractivity contribution < 1.29 is 0 Å². The quantitative estimate of drug-likeness (QED) is 0.771. The van der Waals surface area contributed by atoms with Crippen molar-refractivity contribution >= 4 is 11.6 Å². The van der Waals surface area contributed by atoms with Crippen molar-refractivity contribution in [3.8, 4) is 0 Å². The molecule has 1 atom stereocenters. The van der Waals surface area contributed by atoms with Gasteiger partial charge in [-0.1, -0.05) is 48.6 Å². The number of allylic oxidation sites excluding steroid dienone is 4. The van der Waals surface area contributed by atoms with Crippen LogP contribution in [0.15, 0.2) is 55.3 Å². The largest absolute Gasteiger partial charge is 0.405 e. The van der Waals surface area contributed by atoms with Crippen LogP contribution in [-0.2, 0) is 6.54 Å². The predicted octanol–water partition coefficient (Wildman–Crippen LogP) is 3.49. The van der Waals surface area contributed by atoms with Crippen LogP contribution in [-0.4, -0.2) is 0 Å².